The van der Waals surface area contributed by atoms with Gasteiger partial charge in [-0.05, 0) is 67.6 Å². The lowest BCUT2D eigenvalue weighted by atomic mass is 10.0. The van der Waals surface area contributed by atoms with Crippen molar-refractivity contribution < 1.29 is 19.1 Å². The molecule has 1 N–H and O–H groups in total. The fourth-order valence-corrected chi connectivity index (χ4v) is 4.86. The van der Waals surface area contributed by atoms with Crippen molar-refractivity contribution in [2.24, 2.45) is 0 Å². The minimum absolute atomic E-state index is 0.130. The number of amides is 2. The summed E-state index contributed by atoms with van der Waals surface area (Å²) in [6.45, 7) is 7.74. The molecule has 0 aliphatic heterocycles. The van der Waals surface area contributed by atoms with Gasteiger partial charge < -0.3 is 19.7 Å². The zero-order chi connectivity index (χ0) is 29.6. The van der Waals surface area contributed by atoms with E-state index in [9.17, 15) is 9.59 Å². The van der Waals surface area contributed by atoms with E-state index in [1.165, 1.54) is 0 Å². The maximum Gasteiger partial charge on any atom is 0.243 e. The summed E-state index contributed by atoms with van der Waals surface area (Å²) in [4.78, 5) is 29.2. The lowest BCUT2D eigenvalue weighted by Gasteiger charge is -2.32. The molecule has 1 atom stereocenters. The van der Waals surface area contributed by atoms with E-state index in [2.05, 4.69) is 12.2 Å². The topological polar surface area (TPSA) is 67.9 Å². The van der Waals surface area contributed by atoms with Gasteiger partial charge >= 0.3 is 0 Å². The molecule has 0 aromatic heterocycles. The molecule has 3 aromatic rings. The quantitative estimate of drug-likeness (QED) is 0.176. The van der Waals surface area contributed by atoms with Crippen LogP contribution in [0.2, 0.25) is 10.0 Å². The van der Waals surface area contributed by atoms with Crippen molar-refractivity contribution in [2.45, 2.75) is 65.5 Å². The highest BCUT2D eigenvalue weighted by Gasteiger charge is 2.30. The third-order valence-electron chi connectivity index (χ3n) is 6.67. The van der Waals surface area contributed by atoms with Crippen molar-refractivity contribution in [1.82, 2.24) is 10.2 Å². The number of nitrogens with zero attached hydrogens (tertiary/aromatic N) is 1. The Kier molecular flexibility index (Phi) is 13.3. The van der Waals surface area contributed by atoms with E-state index in [0.717, 1.165) is 29.5 Å². The van der Waals surface area contributed by atoms with Crippen LogP contribution in [0.25, 0.3) is 0 Å². The molecule has 2 amide bonds. The van der Waals surface area contributed by atoms with Gasteiger partial charge in [0.15, 0.2) is 11.5 Å². The Hall–Kier alpha value is -3.22. The highest BCUT2D eigenvalue weighted by molar-refractivity contribution is 6.42. The van der Waals surface area contributed by atoms with Crippen molar-refractivity contribution in [2.75, 3.05) is 19.8 Å². The number of carbonyl (C=O) groups is 2. The number of halogens is 2. The normalized spacial score (nSPS) is 11.5. The predicted molar refractivity (Wildman–Crippen MR) is 166 cm³/mol. The number of unbranched alkanes of at least 4 members (excludes halogenated alkanes) is 1. The lowest BCUT2D eigenvalue weighted by Crippen LogP contribution is -2.50. The third-order valence-corrected chi connectivity index (χ3v) is 7.41. The summed E-state index contributed by atoms with van der Waals surface area (Å²) < 4.78 is 11.5. The number of carbonyl (C=O) groups excluding carboxylic acids is 2. The van der Waals surface area contributed by atoms with Crippen LogP contribution in [-0.4, -0.2) is 42.5 Å². The highest BCUT2D eigenvalue weighted by atomic mass is 35.5. The number of nitrogens with one attached hydrogen (secondary N) is 1. The van der Waals surface area contributed by atoms with E-state index < -0.39 is 6.04 Å². The van der Waals surface area contributed by atoms with Gasteiger partial charge in [0.25, 0.3) is 0 Å². The Balaban J connectivity index is 1.90. The molecule has 0 bridgehead atoms. The standard InChI is InChI=1S/C33H40Cl2N2O4/c1-4-7-19-36-33(39)29(21-24-11-9-8-10-12-24)37(23-26-13-16-27(34)28(35)20-26)32(38)18-15-25-14-17-30(40-5-2)31(22-25)41-6-3/h8-14,16-17,20,22,29H,4-7,15,18-19,21,23H2,1-3H3,(H,36,39)/t29-/m0/s1. The molecule has 8 heteroatoms. The smallest absolute Gasteiger partial charge is 0.243 e. The number of benzene rings is 3. The number of ether oxygens (including phenoxy) is 2. The number of aryl methyl sites for hydroxylation is 1. The summed E-state index contributed by atoms with van der Waals surface area (Å²) in [5, 5.41) is 3.89. The molecule has 0 spiro atoms. The predicted octanol–water partition coefficient (Wildman–Crippen LogP) is 7.28. The number of hydrogen-bond donors (Lipinski definition) is 1. The minimum atomic E-state index is -0.699. The van der Waals surface area contributed by atoms with Gasteiger partial charge in [-0.1, -0.05) is 79.0 Å². The first-order valence-corrected chi connectivity index (χ1v) is 15.0. The molecule has 220 valence electrons. The zero-order valence-electron chi connectivity index (χ0n) is 24.1. The molecule has 6 nitrogen and oxygen atoms in total. The number of rotatable bonds is 16. The van der Waals surface area contributed by atoms with Crippen LogP contribution in [0.4, 0.5) is 0 Å². The van der Waals surface area contributed by atoms with Crippen LogP contribution in [0.3, 0.4) is 0 Å². The second-order valence-electron chi connectivity index (χ2n) is 9.77. The van der Waals surface area contributed by atoms with Gasteiger partial charge in [-0.25, -0.2) is 0 Å². The molecule has 0 heterocycles. The molecule has 0 radical (unpaired) electrons. The Bertz CT molecular complexity index is 1270. The summed E-state index contributed by atoms with van der Waals surface area (Å²) in [5.41, 5.74) is 2.72. The average Bonchev–Trinajstić information content (AvgIpc) is 2.97. The van der Waals surface area contributed by atoms with Crippen LogP contribution in [0.1, 0.15) is 56.7 Å². The van der Waals surface area contributed by atoms with Gasteiger partial charge in [0, 0.05) is 25.9 Å². The lowest BCUT2D eigenvalue weighted by molar-refractivity contribution is -0.141. The van der Waals surface area contributed by atoms with E-state index in [1.54, 1.807) is 17.0 Å². The van der Waals surface area contributed by atoms with Gasteiger partial charge in [-0.15, -0.1) is 0 Å². The minimum Gasteiger partial charge on any atom is -0.490 e. The summed E-state index contributed by atoms with van der Waals surface area (Å²) in [5.74, 6) is 1.03. The van der Waals surface area contributed by atoms with Crippen LogP contribution >= 0.6 is 23.2 Å². The van der Waals surface area contributed by atoms with E-state index in [-0.39, 0.29) is 24.8 Å². The Morgan fingerprint density at radius 3 is 2.22 bits per heavy atom. The summed E-state index contributed by atoms with van der Waals surface area (Å²) in [7, 11) is 0. The van der Waals surface area contributed by atoms with E-state index in [4.69, 9.17) is 32.7 Å². The van der Waals surface area contributed by atoms with Gasteiger partial charge in [0.1, 0.15) is 6.04 Å². The Morgan fingerprint density at radius 2 is 1.54 bits per heavy atom. The fraction of sp³-hybridized carbons (Fsp3) is 0.394. The molecule has 41 heavy (non-hydrogen) atoms. The summed E-state index contributed by atoms with van der Waals surface area (Å²) in [6.07, 6.45) is 2.92. The van der Waals surface area contributed by atoms with Crippen LogP contribution in [0.5, 0.6) is 11.5 Å². The first-order chi connectivity index (χ1) is 19.9. The molecule has 0 aliphatic carbocycles. The Morgan fingerprint density at radius 1 is 0.829 bits per heavy atom. The number of hydrogen-bond acceptors (Lipinski definition) is 4. The first-order valence-electron chi connectivity index (χ1n) is 14.3. The molecule has 0 saturated carbocycles. The van der Waals surface area contributed by atoms with Crippen molar-refractivity contribution in [1.29, 1.82) is 0 Å². The second kappa shape index (κ2) is 16.9. The van der Waals surface area contributed by atoms with E-state index in [0.29, 0.717) is 54.1 Å². The van der Waals surface area contributed by atoms with Crippen LogP contribution in [-0.2, 0) is 29.0 Å². The highest BCUT2D eigenvalue weighted by Crippen LogP contribution is 2.29. The average molecular weight is 600 g/mol. The van der Waals surface area contributed by atoms with Crippen LogP contribution in [0, 0.1) is 0 Å². The monoisotopic (exact) mass is 598 g/mol. The van der Waals surface area contributed by atoms with Crippen LogP contribution < -0.4 is 14.8 Å². The Labute approximate surface area is 253 Å². The molecule has 0 fully saturated rings. The molecule has 3 aromatic carbocycles. The molecule has 0 unspecified atom stereocenters. The molecule has 3 rings (SSSR count). The van der Waals surface area contributed by atoms with Crippen molar-refractivity contribution in [3.05, 3.63) is 93.5 Å². The molecular formula is C33H40Cl2N2O4. The first kappa shape index (κ1) is 32.3. The maximum absolute atomic E-state index is 13.9. The molecule has 0 saturated heterocycles. The SMILES string of the molecule is CCCCNC(=O)[C@H](Cc1ccccc1)N(Cc1ccc(Cl)c(Cl)c1)C(=O)CCc1ccc(OCC)c(OCC)c1. The summed E-state index contributed by atoms with van der Waals surface area (Å²) >= 11 is 12.5. The van der Waals surface area contributed by atoms with Gasteiger partial charge in [-0.3, -0.25) is 9.59 Å². The maximum atomic E-state index is 13.9. The summed E-state index contributed by atoms with van der Waals surface area (Å²) in [6, 6.07) is 20.1. The van der Waals surface area contributed by atoms with Gasteiger partial charge in [0.05, 0.1) is 23.3 Å². The fourth-order valence-electron chi connectivity index (χ4n) is 4.54. The second-order valence-corrected chi connectivity index (χ2v) is 10.6. The van der Waals surface area contributed by atoms with Crippen molar-refractivity contribution in [3.63, 3.8) is 0 Å². The zero-order valence-corrected chi connectivity index (χ0v) is 25.6. The third kappa shape index (κ3) is 9.98. The largest absolute Gasteiger partial charge is 0.490 e. The van der Waals surface area contributed by atoms with Gasteiger partial charge in [0.2, 0.25) is 11.8 Å². The molecule has 0 aliphatic rings. The molecular weight excluding hydrogens is 559 g/mol. The van der Waals surface area contributed by atoms with Gasteiger partial charge in [-0.2, -0.15) is 0 Å². The van der Waals surface area contributed by atoms with Crippen molar-refractivity contribution >= 4 is 35.0 Å². The van der Waals surface area contributed by atoms with Crippen LogP contribution in [0.15, 0.2) is 66.7 Å². The van der Waals surface area contributed by atoms with Crippen molar-refractivity contribution in [3.8, 4) is 11.5 Å². The van der Waals surface area contributed by atoms with E-state index >= 15 is 0 Å². The van der Waals surface area contributed by atoms with E-state index in [1.807, 2.05) is 68.4 Å².